The van der Waals surface area contributed by atoms with Crippen molar-refractivity contribution < 1.29 is 18.0 Å². The quantitative estimate of drug-likeness (QED) is 0.569. The first-order valence-electron chi connectivity index (χ1n) is 10.6. The van der Waals surface area contributed by atoms with Gasteiger partial charge in [-0.2, -0.15) is 5.10 Å². The average Bonchev–Trinajstić information content (AvgIpc) is 3.13. The van der Waals surface area contributed by atoms with Crippen molar-refractivity contribution in [3.05, 3.63) is 64.4 Å². The van der Waals surface area contributed by atoms with Crippen molar-refractivity contribution in [2.75, 3.05) is 0 Å². The highest BCUT2D eigenvalue weighted by molar-refractivity contribution is 5.94. The summed E-state index contributed by atoms with van der Waals surface area (Å²) in [7, 11) is 0. The number of pyridine rings is 1. The zero-order valence-corrected chi connectivity index (χ0v) is 17.5. The van der Waals surface area contributed by atoms with E-state index >= 15 is 0 Å². The second kappa shape index (κ2) is 8.69. The molecule has 8 heteroatoms. The number of hydrogen-bond donors (Lipinski definition) is 1. The average molecular weight is 430 g/mol. The van der Waals surface area contributed by atoms with E-state index < -0.39 is 29.8 Å². The molecule has 164 valence electrons. The van der Waals surface area contributed by atoms with Gasteiger partial charge in [0.15, 0.2) is 5.65 Å². The van der Waals surface area contributed by atoms with Crippen LogP contribution in [0.15, 0.2) is 30.5 Å². The summed E-state index contributed by atoms with van der Waals surface area (Å²) in [5.41, 5.74) is 1.49. The molecule has 1 fully saturated rings. The molecular weight excluding hydrogens is 405 g/mol. The smallest absolute Gasteiger partial charge is 0.266 e. The van der Waals surface area contributed by atoms with E-state index in [9.17, 15) is 18.0 Å². The predicted octanol–water partition coefficient (Wildman–Crippen LogP) is 5.65. The first kappa shape index (κ1) is 21.3. The molecule has 1 aliphatic rings. The topological polar surface area (TPSA) is 59.3 Å². The van der Waals surface area contributed by atoms with Crippen LogP contribution in [-0.2, 0) is 0 Å². The van der Waals surface area contributed by atoms with Crippen molar-refractivity contribution in [3.63, 3.8) is 0 Å². The van der Waals surface area contributed by atoms with Gasteiger partial charge in [0.1, 0.15) is 11.6 Å². The highest BCUT2D eigenvalue weighted by Gasteiger charge is 2.24. The van der Waals surface area contributed by atoms with Gasteiger partial charge in [-0.1, -0.05) is 37.5 Å². The summed E-state index contributed by atoms with van der Waals surface area (Å²) < 4.78 is 42.2. The maximum atomic E-state index is 14.5. The molecule has 1 aromatic carbocycles. The van der Waals surface area contributed by atoms with Crippen molar-refractivity contribution in [3.8, 4) is 0 Å². The Balaban J connectivity index is 1.64. The first-order chi connectivity index (χ1) is 14.8. The lowest BCUT2D eigenvalue weighted by molar-refractivity contribution is 0.0938. The first-order valence-corrected chi connectivity index (χ1v) is 10.6. The highest BCUT2D eigenvalue weighted by atomic mass is 19.3. The Hall–Kier alpha value is -2.90. The maximum Gasteiger partial charge on any atom is 0.266 e. The fourth-order valence-corrected chi connectivity index (χ4v) is 4.39. The van der Waals surface area contributed by atoms with Crippen LogP contribution >= 0.6 is 0 Å². The number of rotatable bonds is 5. The van der Waals surface area contributed by atoms with Gasteiger partial charge in [0.25, 0.3) is 12.3 Å². The van der Waals surface area contributed by atoms with Gasteiger partial charge in [-0.15, -0.1) is 0 Å². The molecule has 1 aliphatic carbocycles. The van der Waals surface area contributed by atoms with E-state index in [0.29, 0.717) is 17.3 Å². The SMILES string of the molecule is Cc1nc2c(C3CCCCC3)cc(C(=O)N[C@H](C)c3cccc(C(F)F)c3F)cn2n1. The molecule has 0 radical (unpaired) electrons. The molecule has 0 aliphatic heterocycles. The van der Waals surface area contributed by atoms with Crippen molar-refractivity contribution in [1.29, 1.82) is 0 Å². The zero-order valence-electron chi connectivity index (χ0n) is 17.5. The van der Waals surface area contributed by atoms with Crippen LogP contribution in [-0.4, -0.2) is 20.5 Å². The number of hydrogen-bond acceptors (Lipinski definition) is 3. The maximum absolute atomic E-state index is 14.5. The molecule has 0 bridgehead atoms. The van der Waals surface area contributed by atoms with Crippen LogP contribution in [0.2, 0.25) is 0 Å². The number of carbonyl (C=O) groups is 1. The molecule has 0 saturated heterocycles. The van der Waals surface area contributed by atoms with E-state index in [1.165, 1.54) is 18.6 Å². The molecule has 1 amide bonds. The number of benzene rings is 1. The molecule has 0 spiro atoms. The van der Waals surface area contributed by atoms with Gasteiger partial charge in [0.2, 0.25) is 0 Å². The molecule has 2 aromatic heterocycles. The van der Waals surface area contributed by atoms with Gasteiger partial charge in [-0.3, -0.25) is 4.79 Å². The minimum absolute atomic E-state index is 0.0244. The van der Waals surface area contributed by atoms with Crippen molar-refractivity contribution in [1.82, 2.24) is 19.9 Å². The van der Waals surface area contributed by atoms with Crippen LogP contribution in [0.4, 0.5) is 13.2 Å². The summed E-state index contributed by atoms with van der Waals surface area (Å²) in [4.78, 5) is 17.5. The number of halogens is 3. The Bertz CT molecular complexity index is 1110. The van der Waals surface area contributed by atoms with Crippen LogP contribution in [0.5, 0.6) is 0 Å². The van der Waals surface area contributed by atoms with Gasteiger partial charge < -0.3 is 5.32 Å². The monoisotopic (exact) mass is 430 g/mol. The fourth-order valence-electron chi connectivity index (χ4n) is 4.39. The van der Waals surface area contributed by atoms with Crippen molar-refractivity contribution in [2.24, 2.45) is 0 Å². The molecule has 1 N–H and O–H groups in total. The lowest BCUT2D eigenvalue weighted by atomic mass is 9.84. The van der Waals surface area contributed by atoms with Crippen molar-refractivity contribution >= 4 is 11.6 Å². The molecule has 31 heavy (non-hydrogen) atoms. The van der Waals surface area contributed by atoms with Crippen LogP contribution < -0.4 is 5.32 Å². The summed E-state index contributed by atoms with van der Waals surface area (Å²) in [5, 5.41) is 7.11. The van der Waals surface area contributed by atoms with Crippen LogP contribution in [0.1, 0.15) is 90.3 Å². The molecule has 0 unspecified atom stereocenters. The number of nitrogens with zero attached hydrogens (tertiary/aromatic N) is 3. The number of nitrogens with one attached hydrogen (secondary N) is 1. The third-order valence-electron chi connectivity index (χ3n) is 5.98. The number of carbonyl (C=O) groups excluding carboxylic acids is 1. The summed E-state index contributed by atoms with van der Waals surface area (Å²) in [6.45, 7) is 3.38. The molecule has 1 saturated carbocycles. The number of aromatic nitrogens is 3. The van der Waals surface area contributed by atoms with Gasteiger partial charge in [0, 0.05) is 17.3 Å². The second-order valence-electron chi connectivity index (χ2n) is 8.19. The Morgan fingerprint density at radius 3 is 2.61 bits per heavy atom. The van der Waals surface area contributed by atoms with Crippen LogP contribution in [0.25, 0.3) is 5.65 Å². The predicted molar refractivity (Wildman–Crippen MR) is 111 cm³/mol. The Kier molecular flexibility index (Phi) is 5.98. The molecule has 5 nitrogen and oxygen atoms in total. The number of alkyl halides is 2. The van der Waals surface area contributed by atoms with Gasteiger partial charge in [-0.25, -0.2) is 22.7 Å². The van der Waals surface area contributed by atoms with E-state index in [-0.39, 0.29) is 5.56 Å². The van der Waals surface area contributed by atoms with E-state index in [0.717, 1.165) is 43.0 Å². The summed E-state index contributed by atoms with van der Waals surface area (Å²) in [6, 6.07) is 4.89. The van der Waals surface area contributed by atoms with Gasteiger partial charge in [0.05, 0.1) is 17.2 Å². The number of aryl methyl sites for hydroxylation is 1. The molecular formula is C23H25F3N4O. The minimum Gasteiger partial charge on any atom is -0.345 e. The molecule has 1 atom stereocenters. The Labute approximate surface area is 178 Å². The van der Waals surface area contributed by atoms with E-state index in [2.05, 4.69) is 15.4 Å². The summed E-state index contributed by atoms with van der Waals surface area (Å²) in [6.07, 6.45) is 4.24. The standard InChI is InChI=1S/C23H25F3N4O/c1-13(17-9-6-10-18(20(17)24)21(25)26)27-23(31)16-11-19(15-7-4-3-5-8-15)22-28-14(2)29-30(22)12-16/h6,9-13,15,21H,3-5,7-8H2,1-2H3,(H,27,31)/t13-/m1/s1. The Morgan fingerprint density at radius 1 is 1.19 bits per heavy atom. The largest absolute Gasteiger partial charge is 0.345 e. The highest BCUT2D eigenvalue weighted by Crippen LogP contribution is 2.35. The third-order valence-corrected chi connectivity index (χ3v) is 5.98. The lowest BCUT2D eigenvalue weighted by Gasteiger charge is -2.23. The number of fused-ring (bicyclic) bond motifs is 1. The molecule has 3 aromatic rings. The molecule has 4 rings (SSSR count). The van der Waals surface area contributed by atoms with Gasteiger partial charge >= 0.3 is 0 Å². The summed E-state index contributed by atoms with van der Waals surface area (Å²) >= 11 is 0. The second-order valence-corrected chi connectivity index (χ2v) is 8.19. The zero-order chi connectivity index (χ0) is 22.1. The van der Waals surface area contributed by atoms with E-state index in [1.54, 1.807) is 24.6 Å². The van der Waals surface area contributed by atoms with Crippen molar-refractivity contribution in [2.45, 2.75) is 64.3 Å². The summed E-state index contributed by atoms with van der Waals surface area (Å²) in [5.74, 6) is -0.476. The fraction of sp³-hybridized carbons (Fsp3) is 0.435. The number of amides is 1. The molecule has 2 heterocycles. The normalized spacial score (nSPS) is 16.1. The van der Waals surface area contributed by atoms with E-state index in [4.69, 9.17) is 0 Å². The third kappa shape index (κ3) is 4.29. The Morgan fingerprint density at radius 2 is 1.90 bits per heavy atom. The van der Waals surface area contributed by atoms with E-state index in [1.807, 2.05) is 6.07 Å². The minimum atomic E-state index is -2.92. The van der Waals surface area contributed by atoms with Crippen LogP contribution in [0, 0.1) is 12.7 Å². The van der Waals surface area contributed by atoms with Gasteiger partial charge in [-0.05, 0) is 38.7 Å². The lowest BCUT2D eigenvalue weighted by Crippen LogP contribution is -2.28. The van der Waals surface area contributed by atoms with Crippen LogP contribution in [0.3, 0.4) is 0 Å².